The van der Waals surface area contributed by atoms with Crippen molar-refractivity contribution in [1.82, 2.24) is 0 Å². The predicted octanol–water partition coefficient (Wildman–Crippen LogP) is 1.12. The lowest BCUT2D eigenvalue weighted by Crippen LogP contribution is -2.51. The summed E-state index contributed by atoms with van der Waals surface area (Å²) < 4.78 is 5.21. The number of nitrogens with one attached hydrogen (secondary N) is 1. The normalized spacial score (nSPS) is 22.3. The van der Waals surface area contributed by atoms with E-state index in [2.05, 4.69) is 5.32 Å². The molecule has 1 unspecified atom stereocenters. The van der Waals surface area contributed by atoms with E-state index in [1.165, 1.54) is 0 Å². The fourth-order valence-corrected chi connectivity index (χ4v) is 2.07. The molecule has 104 valence electrons. The molecule has 0 bridgehead atoms. The van der Waals surface area contributed by atoms with Crippen molar-refractivity contribution >= 4 is 17.3 Å². The Morgan fingerprint density at radius 1 is 1.47 bits per heavy atom. The first-order chi connectivity index (χ1) is 8.92. The number of nitrogens with two attached hydrogens (primary N) is 1. The number of rotatable bonds is 3. The van der Waals surface area contributed by atoms with E-state index in [0.717, 1.165) is 16.9 Å². The van der Waals surface area contributed by atoms with Crippen molar-refractivity contribution in [3.05, 3.63) is 23.8 Å². The molecule has 1 aromatic carbocycles. The Morgan fingerprint density at radius 3 is 2.74 bits per heavy atom. The standard InChI is InChI=1S/C14H21N3O2/c1-10-8-11(17(2)3)4-5-12(10)16-13(18)14(15)6-7-19-9-14/h4-5,8H,6-7,9,15H2,1-3H3,(H,16,18). The van der Waals surface area contributed by atoms with Crippen LogP contribution in [0.3, 0.4) is 0 Å². The van der Waals surface area contributed by atoms with Gasteiger partial charge in [0, 0.05) is 32.1 Å². The maximum Gasteiger partial charge on any atom is 0.246 e. The second-order valence-electron chi connectivity index (χ2n) is 5.31. The van der Waals surface area contributed by atoms with E-state index in [9.17, 15) is 4.79 Å². The predicted molar refractivity (Wildman–Crippen MR) is 76.5 cm³/mol. The third-order valence-corrected chi connectivity index (χ3v) is 3.48. The molecule has 1 saturated heterocycles. The summed E-state index contributed by atoms with van der Waals surface area (Å²) in [5, 5.41) is 2.90. The minimum absolute atomic E-state index is 0.175. The summed E-state index contributed by atoms with van der Waals surface area (Å²) in [5.74, 6) is -0.175. The first kappa shape index (κ1) is 13.8. The molecule has 0 spiro atoms. The summed E-state index contributed by atoms with van der Waals surface area (Å²) in [4.78, 5) is 14.2. The SMILES string of the molecule is Cc1cc(N(C)C)ccc1NC(=O)C1(N)CCOC1. The van der Waals surface area contributed by atoms with Crippen LogP contribution in [-0.2, 0) is 9.53 Å². The van der Waals surface area contributed by atoms with E-state index in [4.69, 9.17) is 10.5 Å². The number of benzene rings is 1. The second-order valence-corrected chi connectivity index (χ2v) is 5.31. The van der Waals surface area contributed by atoms with Crippen molar-refractivity contribution in [2.75, 3.05) is 37.5 Å². The minimum Gasteiger partial charge on any atom is -0.379 e. The smallest absolute Gasteiger partial charge is 0.246 e. The molecule has 1 aliphatic rings. The molecule has 1 heterocycles. The average Bonchev–Trinajstić information content (AvgIpc) is 2.80. The van der Waals surface area contributed by atoms with E-state index in [0.29, 0.717) is 13.0 Å². The Balaban J connectivity index is 2.13. The molecule has 2 rings (SSSR count). The summed E-state index contributed by atoms with van der Waals surface area (Å²) in [6, 6.07) is 5.91. The summed E-state index contributed by atoms with van der Waals surface area (Å²) in [6.07, 6.45) is 0.563. The van der Waals surface area contributed by atoms with Crippen LogP contribution in [0.5, 0.6) is 0 Å². The molecular weight excluding hydrogens is 242 g/mol. The molecule has 1 amide bonds. The van der Waals surface area contributed by atoms with E-state index in [1.807, 2.05) is 44.1 Å². The van der Waals surface area contributed by atoms with Crippen LogP contribution in [-0.4, -0.2) is 38.8 Å². The van der Waals surface area contributed by atoms with Crippen LogP contribution < -0.4 is 16.0 Å². The third-order valence-electron chi connectivity index (χ3n) is 3.48. The molecule has 1 aliphatic heterocycles. The van der Waals surface area contributed by atoms with Gasteiger partial charge in [0.2, 0.25) is 5.91 Å². The number of anilines is 2. The minimum atomic E-state index is -0.896. The molecule has 0 aromatic heterocycles. The Morgan fingerprint density at radius 2 is 2.21 bits per heavy atom. The largest absolute Gasteiger partial charge is 0.379 e. The summed E-state index contributed by atoms with van der Waals surface area (Å²) in [6.45, 7) is 2.80. The lowest BCUT2D eigenvalue weighted by Gasteiger charge is -2.22. The van der Waals surface area contributed by atoms with Crippen LogP contribution in [0, 0.1) is 6.92 Å². The van der Waals surface area contributed by atoms with Crippen molar-refractivity contribution in [3.63, 3.8) is 0 Å². The molecule has 5 nitrogen and oxygen atoms in total. The van der Waals surface area contributed by atoms with Crippen LogP contribution in [0.15, 0.2) is 18.2 Å². The van der Waals surface area contributed by atoms with Gasteiger partial charge in [-0.1, -0.05) is 0 Å². The molecule has 0 radical (unpaired) electrons. The van der Waals surface area contributed by atoms with Crippen LogP contribution in [0.4, 0.5) is 11.4 Å². The van der Waals surface area contributed by atoms with Gasteiger partial charge >= 0.3 is 0 Å². The zero-order chi connectivity index (χ0) is 14.0. The highest BCUT2D eigenvalue weighted by Crippen LogP contribution is 2.23. The van der Waals surface area contributed by atoms with Gasteiger partial charge in [0.1, 0.15) is 5.54 Å². The molecule has 1 aromatic rings. The molecule has 1 atom stereocenters. The first-order valence-electron chi connectivity index (χ1n) is 6.38. The van der Waals surface area contributed by atoms with Gasteiger partial charge in [0.15, 0.2) is 0 Å². The fraction of sp³-hybridized carbons (Fsp3) is 0.500. The van der Waals surface area contributed by atoms with Gasteiger partial charge in [-0.05, 0) is 37.1 Å². The van der Waals surface area contributed by atoms with Crippen molar-refractivity contribution in [2.45, 2.75) is 18.9 Å². The summed E-state index contributed by atoms with van der Waals surface area (Å²) in [5.41, 5.74) is 8.05. The van der Waals surface area contributed by atoms with Gasteiger partial charge in [-0.3, -0.25) is 4.79 Å². The number of carbonyl (C=O) groups is 1. The van der Waals surface area contributed by atoms with Crippen LogP contribution in [0.2, 0.25) is 0 Å². The third kappa shape index (κ3) is 2.88. The van der Waals surface area contributed by atoms with Gasteiger partial charge in [-0.2, -0.15) is 0 Å². The molecule has 3 N–H and O–H groups in total. The number of carbonyl (C=O) groups excluding carboxylic acids is 1. The molecule has 19 heavy (non-hydrogen) atoms. The zero-order valence-corrected chi connectivity index (χ0v) is 11.7. The number of hydrogen-bond acceptors (Lipinski definition) is 4. The van der Waals surface area contributed by atoms with E-state index >= 15 is 0 Å². The quantitative estimate of drug-likeness (QED) is 0.857. The number of nitrogens with zero attached hydrogens (tertiary/aromatic N) is 1. The van der Waals surface area contributed by atoms with Crippen molar-refractivity contribution < 1.29 is 9.53 Å². The Hall–Kier alpha value is -1.59. The van der Waals surface area contributed by atoms with Crippen LogP contribution in [0.1, 0.15) is 12.0 Å². The van der Waals surface area contributed by atoms with E-state index < -0.39 is 5.54 Å². The lowest BCUT2D eigenvalue weighted by molar-refractivity contribution is -0.121. The Bertz CT molecular complexity index is 480. The van der Waals surface area contributed by atoms with Gasteiger partial charge in [0.25, 0.3) is 0 Å². The van der Waals surface area contributed by atoms with Crippen LogP contribution in [0.25, 0.3) is 0 Å². The van der Waals surface area contributed by atoms with Gasteiger partial charge in [0.05, 0.1) is 6.61 Å². The second kappa shape index (κ2) is 5.19. The fourth-order valence-electron chi connectivity index (χ4n) is 2.07. The maximum atomic E-state index is 12.2. The number of aryl methyl sites for hydroxylation is 1. The first-order valence-corrected chi connectivity index (χ1v) is 6.38. The van der Waals surface area contributed by atoms with Crippen LogP contribution >= 0.6 is 0 Å². The van der Waals surface area contributed by atoms with E-state index in [-0.39, 0.29) is 12.5 Å². The van der Waals surface area contributed by atoms with Crippen molar-refractivity contribution in [2.24, 2.45) is 5.73 Å². The number of amides is 1. The van der Waals surface area contributed by atoms with E-state index in [1.54, 1.807) is 0 Å². The molecule has 0 saturated carbocycles. The topological polar surface area (TPSA) is 67.6 Å². The van der Waals surface area contributed by atoms with Gasteiger partial charge in [-0.25, -0.2) is 0 Å². The Labute approximate surface area is 113 Å². The van der Waals surface area contributed by atoms with Crippen molar-refractivity contribution in [1.29, 1.82) is 0 Å². The molecule has 1 fully saturated rings. The number of ether oxygens (including phenoxy) is 1. The molecule has 0 aliphatic carbocycles. The molecule has 5 heteroatoms. The maximum absolute atomic E-state index is 12.2. The lowest BCUT2D eigenvalue weighted by atomic mass is 9.99. The van der Waals surface area contributed by atoms with Gasteiger partial charge in [-0.15, -0.1) is 0 Å². The Kier molecular flexibility index (Phi) is 3.78. The summed E-state index contributed by atoms with van der Waals surface area (Å²) in [7, 11) is 3.97. The monoisotopic (exact) mass is 263 g/mol. The average molecular weight is 263 g/mol. The summed E-state index contributed by atoms with van der Waals surface area (Å²) >= 11 is 0. The highest BCUT2D eigenvalue weighted by molar-refractivity contribution is 5.99. The number of hydrogen-bond donors (Lipinski definition) is 2. The highest BCUT2D eigenvalue weighted by Gasteiger charge is 2.38. The van der Waals surface area contributed by atoms with Crippen molar-refractivity contribution in [3.8, 4) is 0 Å². The highest BCUT2D eigenvalue weighted by atomic mass is 16.5. The molecular formula is C14H21N3O2. The zero-order valence-electron chi connectivity index (χ0n) is 11.7. The van der Waals surface area contributed by atoms with Gasteiger partial charge < -0.3 is 20.7 Å².